The van der Waals surface area contributed by atoms with Crippen LogP contribution in [0.4, 0.5) is 17.1 Å². The van der Waals surface area contributed by atoms with E-state index in [9.17, 15) is 4.79 Å². The SMILES string of the molecule is CC(=NNC(=O)c1cccc(N(C)C)c1)c1ccc2c(c1)Nc1ccccc1S2. The summed E-state index contributed by atoms with van der Waals surface area (Å²) in [6.07, 6.45) is 0. The Morgan fingerprint density at radius 2 is 1.72 bits per heavy atom. The molecule has 29 heavy (non-hydrogen) atoms. The molecule has 0 unspecified atom stereocenters. The van der Waals surface area contributed by atoms with Gasteiger partial charge in [0, 0.05) is 35.1 Å². The predicted octanol–water partition coefficient (Wildman–Crippen LogP) is 5.11. The van der Waals surface area contributed by atoms with Gasteiger partial charge in [-0.15, -0.1) is 0 Å². The number of anilines is 3. The Bertz CT molecular complexity index is 1110. The Morgan fingerprint density at radius 1 is 0.931 bits per heavy atom. The zero-order chi connectivity index (χ0) is 20.4. The van der Waals surface area contributed by atoms with E-state index in [4.69, 9.17) is 0 Å². The van der Waals surface area contributed by atoms with Gasteiger partial charge in [-0.2, -0.15) is 5.10 Å². The van der Waals surface area contributed by atoms with Crippen LogP contribution in [-0.2, 0) is 0 Å². The van der Waals surface area contributed by atoms with Gasteiger partial charge < -0.3 is 10.2 Å². The van der Waals surface area contributed by atoms with Crippen LogP contribution in [0.25, 0.3) is 0 Å². The first-order chi connectivity index (χ1) is 14.0. The minimum absolute atomic E-state index is 0.228. The second-order valence-electron chi connectivity index (χ2n) is 7.02. The summed E-state index contributed by atoms with van der Waals surface area (Å²) in [4.78, 5) is 16.8. The van der Waals surface area contributed by atoms with E-state index in [2.05, 4.69) is 40.1 Å². The molecular formula is C23H22N4OS. The van der Waals surface area contributed by atoms with Crippen molar-refractivity contribution in [2.75, 3.05) is 24.3 Å². The van der Waals surface area contributed by atoms with E-state index in [-0.39, 0.29) is 5.91 Å². The molecule has 0 radical (unpaired) electrons. The van der Waals surface area contributed by atoms with E-state index < -0.39 is 0 Å². The lowest BCUT2D eigenvalue weighted by atomic mass is 10.1. The number of fused-ring (bicyclic) bond motifs is 2. The molecule has 1 heterocycles. The molecule has 1 aliphatic heterocycles. The third kappa shape index (κ3) is 4.12. The first-order valence-electron chi connectivity index (χ1n) is 9.31. The van der Waals surface area contributed by atoms with Gasteiger partial charge in [0.25, 0.3) is 5.91 Å². The minimum Gasteiger partial charge on any atom is -0.378 e. The maximum Gasteiger partial charge on any atom is 0.271 e. The fraction of sp³-hybridized carbons (Fsp3) is 0.130. The Labute approximate surface area is 174 Å². The van der Waals surface area contributed by atoms with Gasteiger partial charge in [-0.25, -0.2) is 5.43 Å². The maximum absolute atomic E-state index is 12.5. The number of nitrogens with one attached hydrogen (secondary N) is 2. The molecule has 0 spiro atoms. The van der Waals surface area contributed by atoms with Crippen molar-refractivity contribution < 1.29 is 4.79 Å². The number of para-hydroxylation sites is 1. The van der Waals surface area contributed by atoms with Crippen molar-refractivity contribution in [2.45, 2.75) is 16.7 Å². The van der Waals surface area contributed by atoms with E-state index >= 15 is 0 Å². The molecule has 0 saturated carbocycles. The summed E-state index contributed by atoms with van der Waals surface area (Å²) in [6, 6.07) is 21.9. The normalized spacial score (nSPS) is 12.4. The molecule has 2 N–H and O–H groups in total. The van der Waals surface area contributed by atoms with Crippen LogP contribution in [0.3, 0.4) is 0 Å². The van der Waals surface area contributed by atoms with E-state index in [0.29, 0.717) is 5.56 Å². The molecule has 1 aliphatic rings. The van der Waals surface area contributed by atoms with Crippen molar-refractivity contribution >= 4 is 40.4 Å². The number of benzene rings is 3. The Hall–Kier alpha value is -3.25. The summed E-state index contributed by atoms with van der Waals surface area (Å²) in [5.74, 6) is -0.228. The third-order valence-electron chi connectivity index (χ3n) is 4.72. The summed E-state index contributed by atoms with van der Waals surface area (Å²) in [5, 5.41) is 7.78. The number of hydrogen-bond donors (Lipinski definition) is 2. The number of hydrogen-bond acceptors (Lipinski definition) is 5. The van der Waals surface area contributed by atoms with Crippen molar-refractivity contribution in [2.24, 2.45) is 5.10 Å². The van der Waals surface area contributed by atoms with Crippen molar-refractivity contribution in [1.29, 1.82) is 0 Å². The summed E-state index contributed by atoms with van der Waals surface area (Å²) in [7, 11) is 3.89. The number of hydrazone groups is 1. The average Bonchev–Trinajstić information content (AvgIpc) is 2.75. The van der Waals surface area contributed by atoms with Crippen molar-refractivity contribution in [1.82, 2.24) is 5.43 Å². The Kier molecular flexibility index (Phi) is 5.27. The number of nitrogens with zero attached hydrogens (tertiary/aromatic N) is 2. The highest BCUT2D eigenvalue weighted by Gasteiger charge is 2.16. The molecule has 6 heteroatoms. The first kappa shape index (κ1) is 19.1. The molecule has 0 bridgehead atoms. The molecular weight excluding hydrogens is 380 g/mol. The van der Waals surface area contributed by atoms with Gasteiger partial charge in [0.2, 0.25) is 0 Å². The monoisotopic (exact) mass is 402 g/mol. The number of amides is 1. The molecule has 3 aromatic carbocycles. The number of carbonyl (C=O) groups is 1. The Morgan fingerprint density at radius 3 is 2.55 bits per heavy atom. The van der Waals surface area contributed by atoms with E-state index in [1.54, 1.807) is 17.8 Å². The van der Waals surface area contributed by atoms with Crippen LogP contribution in [0.5, 0.6) is 0 Å². The maximum atomic E-state index is 12.5. The van der Waals surface area contributed by atoms with Crippen LogP contribution in [0, 0.1) is 0 Å². The summed E-state index contributed by atoms with van der Waals surface area (Å²) in [5.41, 5.74) is 8.06. The predicted molar refractivity (Wildman–Crippen MR) is 121 cm³/mol. The standard InChI is InChI=1S/C23H22N4OS/c1-15(25-26-23(28)17-7-6-8-18(13-17)27(2)3)16-11-12-22-20(14-16)24-19-9-4-5-10-21(19)29-22/h4-14,24H,1-3H3,(H,26,28). The zero-order valence-electron chi connectivity index (χ0n) is 16.6. The number of carbonyl (C=O) groups excluding carboxylic acids is 1. The van der Waals surface area contributed by atoms with Crippen molar-refractivity contribution in [3.63, 3.8) is 0 Å². The van der Waals surface area contributed by atoms with Gasteiger partial charge in [-0.05, 0) is 55.0 Å². The Balaban J connectivity index is 1.50. The van der Waals surface area contributed by atoms with E-state index in [1.807, 2.05) is 62.3 Å². The van der Waals surface area contributed by atoms with Crippen molar-refractivity contribution in [3.05, 3.63) is 77.9 Å². The fourth-order valence-electron chi connectivity index (χ4n) is 3.05. The molecule has 0 fully saturated rings. The van der Waals surface area contributed by atoms with E-state index in [0.717, 1.165) is 28.3 Å². The van der Waals surface area contributed by atoms with Gasteiger partial charge >= 0.3 is 0 Å². The lowest BCUT2D eigenvalue weighted by Crippen LogP contribution is -2.20. The minimum atomic E-state index is -0.228. The van der Waals surface area contributed by atoms with Gasteiger partial charge in [-0.3, -0.25) is 4.79 Å². The molecule has 5 nitrogen and oxygen atoms in total. The number of rotatable bonds is 4. The molecule has 1 amide bonds. The summed E-state index contributed by atoms with van der Waals surface area (Å²) in [6.45, 7) is 1.89. The van der Waals surface area contributed by atoms with Gasteiger partial charge in [0.1, 0.15) is 0 Å². The van der Waals surface area contributed by atoms with E-state index in [1.165, 1.54) is 9.79 Å². The van der Waals surface area contributed by atoms with Crippen LogP contribution in [0.1, 0.15) is 22.8 Å². The quantitative estimate of drug-likeness (QED) is 0.368. The van der Waals surface area contributed by atoms with Crippen molar-refractivity contribution in [3.8, 4) is 0 Å². The first-order valence-corrected chi connectivity index (χ1v) is 10.1. The average molecular weight is 403 g/mol. The van der Waals surface area contributed by atoms with Gasteiger partial charge in [-0.1, -0.05) is 36.0 Å². The second-order valence-corrected chi connectivity index (χ2v) is 8.10. The van der Waals surface area contributed by atoms with Gasteiger partial charge in [0.15, 0.2) is 0 Å². The summed E-state index contributed by atoms with van der Waals surface area (Å²) < 4.78 is 0. The van der Waals surface area contributed by atoms with Crippen LogP contribution < -0.4 is 15.6 Å². The molecule has 3 aromatic rings. The van der Waals surface area contributed by atoms with Crippen LogP contribution >= 0.6 is 11.8 Å². The topological polar surface area (TPSA) is 56.7 Å². The summed E-state index contributed by atoms with van der Waals surface area (Å²) >= 11 is 1.75. The lowest BCUT2D eigenvalue weighted by Gasteiger charge is -2.21. The molecule has 0 aromatic heterocycles. The molecule has 0 saturated heterocycles. The molecule has 0 aliphatic carbocycles. The highest BCUT2D eigenvalue weighted by molar-refractivity contribution is 7.99. The van der Waals surface area contributed by atoms with Gasteiger partial charge in [0.05, 0.1) is 17.1 Å². The van der Waals surface area contributed by atoms with Crippen LogP contribution in [-0.4, -0.2) is 25.7 Å². The third-order valence-corrected chi connectivity index (χ3v) is 5.88. The lowest BCUT2D eigenvalue weighted by molar-refractivity contribution is 0.0955. The second kappa shape index (κ2) is 8.01. The zero-order valence-corrected chi connectivity index (χ0v) is 17.4. The largest absolute Gasteiger partial charge is 0.378 e. The smallest absolute Gasteiger partial charge is 0.271 e. The van der Waals surface area contributed by atoms with Crippen LogP contribution in [0.2, 0.25) is 0 Å². The molecule has 146 valence electrons. The highest BCUT2D eigenvalue weighted by Crippen LogP contribution is 2.44. The molecule has 4 rings (SSSR count). The molecule has 0 atom stereocenters. The fourth-order valence-corrected chi connectivity index (χ4v) is 4.02. The highest BCUT2D eigenvalue weighted by atomic mass is 32.2. The van der Waals surface area contributed by atoms with Crippen LogP contribution in [0.15, 0.2) is 81.6 Å².